The molecule has 0 aliphatic carbocycles. The van der Waals surface area contributed by atoms with Crippen molar-refractivity contribution >= 4 is 19.8 Å². The number of phosphoric ester groups is 1. The van der Waals surface area contributed by atoms with Gasteiger partial charge < -0.3 is 20.1 Å². The smallest absolute Gasteiger partial charge is 0.462 e. The molecule has 0 saturated carbocycles. The third-order valence-electron chi connectivity index (χ3n) is 14.9. The van der Waals surface area contributed by atoms with Crippen LogP contribution < -0.4 is 5.73 Å². The quantitative estimate of drug-likeness (QED) is 0.0264. The van der Waals surface area contributed by atoms with Crippen molar-refractivity contribution in [3.8, 4) is 0 Å². The van der Waals surface area contributed by atoms with Gasteiger partial charge in [-0.2, -0.15) is 0 Å². The van der Waals surface area contributed by atoms with Gasteiger partial charge in [0, 0.05) is 19.4 Å². The Labute approximate surface area is 547 Å². The van der Waals surface area contributed by atoms with Crippen LogP contribution in [0.5, 0.6) is 0 Å². The van der Waals surface area contributed by atoms with Crippen molar-refractivity contribution in [2.45, 2.75) is 302 Å². The summed E-state index contributed by atoms with van der Waals surface area (Å²) >= 11 is 0. The van der Waals surface area contributed by atoms with Crippen LogP contribution in [0.4, 0.5) is 0 Å². The molecular weight excluding hydrogens is 1120 g/mol. The molecular formula is C79H132NO8P. The van der Waals surface area contributed by atoms with Crippen LogP contribution in [0.25, 0.3) is 0 Å². The third-order valence-corrected chi connectivity index (χ3v) is 15.9. The molecule has 0 spiro atoms. The summed E-state index contributed by atoms with van der Waals surface area (Å²) in [6, 6.07) is 0. The zero-order valence-electron chi connectivity index (χ0n) is 56.9. The van der Waals surface area contributed by atoms with Crippen molar-refractivity contribution in [1.29, 1.82) is 0 Å². The molecule has 3 N–H and O–H groups in total. The van der Waals surface area contributed by atoms with Crippen LogP contribution in [0.1, 0.15) is 296 Å². The Morgan fingerprint density at radius 2 is 0.584 bits per heavy atom. The molecule has 0 radical (unpaired) electrons. The van der Waals surface area contributed by atoms with Gasteiger partial charge in [0.2, 0.25) is 0 Å². The maximum absolute atomic E-state index is 12.8. The van der Waals surface area contributed by atoms with Crippen LogP contribution in [0.2, 0.25) is 0 Å². The van der Waals surface area contributed by atoms with Crippen molar-refractivity contribution in [2.24, 2.45) is 5.73 Å². The van der Waals surface area contributed by atoms with E-state index < -0.39 is 26.5 Å². The second kappa shape index (κ2) is 72.7. The number of esters is 2. The second-order valence-corrected chi connectivity index (χ2v) is 24.8. The third kappa shape index (κ3) is 72.6. The van der Waals surface area contributed by atoms with E-state index in [1.165, 1.54) is 122 Å². The number of allylic oxidation sites excluding steroid dienone is 26. The first-order chi connectivity index (χ1) is 43.8. The lowest BCUT2D eigenvalue weighted by atomic mass is 10.0. The summed E-state index contributed by atoms with van der Waals surface area (Å²) in [5.41, 5.74) is 5.40. The maximum atomic E-state index is 12.8. The number of nitrogens with two attached hydrogens (primary N) is 1. The molecule has 0 aromatic rings. The van der Waals surface area contributed by atoms with Crippen LogP contribution in [-0.2, 0) is 32.7 Å². The Bertz CT molecular complexity index is 2020. The van der Waals surface area contributed by atoms with Gasteiger partial charge in [0.05, 0.1) is 13.2 Å². The number of phosphoric acid groups is 1. The van der Waals surface area contributed by atoms with Crippen LogP contribution in [0.15, 0.2) is 158 Å². The number of rotatable bonds is 66. The highest BCUT2D eigenvalue weighted by atomic mass is 31.2. The minimum Gasteiger partial charge on any atom is -0.462 e. The fourth-order valence-electron chi connectivity index (χ4n) is 9.68. The lowest BCUT2D eigenvalue weighted by molar-refractivity contribution is -0.161. The summed E-state index contributed by atoms with van der Waals surface area (Å²) in [6.45, 7) is 3.51. The molecule has 2 atom stereocenters. The monoisotopic (exact) mass is 1250 g/mol. The van der Waals surface area contributed by atoms with Gasteiger partial charge in [0.25, 0.3) is 0 Å². The lowest BCUT2D eigenvalue weighted by Crippen LogP contribution is -2.29. The normalized spacial score (nSPS) is 13.9. The van der Waals surface area contributed by atoms with Gasteiger partial charge in [-0.3, -0.25) is 18.6 Å². The molecule has 9 nitrogen and oxygen atoms in total. The molecule has 0 aromatic heterocycles. The number of carbonyl (C=O) groups is 2. The van der Waals surface area contributed by atoms with E-state index in [0.29, 0.717) is 6.42 Å². The van der Waals surface area contributed by atoms with E-state index in [1.54, 1.807) is 0 Å². The van der Waals surface area contributed by atoms with Crippen molar-refractivity contribution in [3.63, 3.8) is 0 Å². The molecule has 0 aliphatic rings. The first kappa shape index (κ1) is 84.6. The van der Waals surface area contributed by atoms with Crippen LogP contribution in [0, 0.1) is 0 Å². The molecule has 0 heterocycles. The minimum atomic E-state index is -4.41. The summed E-state index contributed by atoms with van der Waals surface area (Å²) < 4.78 is 33.2. The first-order valence-electron chi connectivity index (χ1n) is 36.0. The van der Waals surface area contributed by atoms with Crippen LogP contribution in [-0.4, -0.2) is 49.3 Å². The minimum absolute atomic E-state index is 0.0444. The zero-order chi connectivity index (χ0) is 64.4. The van der Waals surface area contributed by atoms with Gasteiger partial charge in [0.1, 0.15) is 6.61 Å². The highest BCUT2D eigenvalue weighted by Crippen LogP contribution is 2.43. The summed E-state index contributed by atoms with van der Waals surface area (Å²) in [7, 11) is -4.41. The van der Waals surface area contributed by atoms with Gasteiger partial charge in [0.15, 0.2) is 6.10 Å². The van der Waals surface area contributed by atoms with Gasteiger partial charge >= 0.3 is 19.8 Å². The molecule has 0 aromatic carbocycles. The van der Waals surface area contributed by atoms with Crippen LogP contribution >= 0.6 is 7.82 Å². The maximum Gasteiger partial charge on any atom is 0.472 e. The first-order valence-corrected chi connectivity index (χ1v) is 37.5. The second-order valence-electron chi connectivity index (χ2n) is 23.3. The predicted octanol–water partition coefficient (Wildman–Crippen LogP) is 24.0. The van der Waals surface area contributed by atoms with E-state index in [9.17, 15) is 19.0 Å². The number of carbonyl (C=O) groups excluding carboxylic acids is 2. The van der Waals surface area contributed by atoms with E-state index in [4.69, 9.17) is 24.3 Å². The molecule has 0 amide bonds. The van der Waals surface area contributed by atoms with Gasteiger partial charge in [-0.1, -0.05) is 320 Å². The highest BCUT2D eigenvalue weighted by molar-refractivity contribution is 7.47. The van der Waals surface area contributed by atoms with Crippen molar-refractivity contribution in [3.05, 3.63) is 158 Å². The van der Waals surface area contributed by atoms with E-state index in [-0.39, 0.29) is 38.6 Å². The fraction of sp³-hybridized carbons (Fsp3) is 0.646. The molecule has 89 heavy (non-hydrogen) atoms. The number of ether oxygens (including phenoxy) is 2. The predicted molar refractivity (Wildman–Crippen MR) is 385 cm³/mol. The van der Waals surface area contributed by atoms with E-state index >= 15 is 0 Å². The average molecular weight is 1250 g/mol. The molecule has 0 fully saturated rings. The summed E-state index contributed by atoms with van der Waals surface area (Å²) in [5, 5.41) is 0. The number of hydrogen-bond acceptors (Lipinski definition) is 8. The van der Waals surface area contributed by atoms with Crippen molar-refractivity contribution in [1.82, 2.24) is 0 Å². The largest absolute Gasteiger partial charge is 0.472 e. The standard InChI is InChI=1S/C79H132NO8P/c1-3-5-7-9-11-13-15-17-19-21-23-25-27-29-31-33-35-36-37-38-39-40-42-43-45-47-49-51-53-55-57-59-61-63-65-67-69-71-78(81)85-75-77(76-87-89(83,84)86-74-73-80)88-79(82)72-70-68-66-64-62-60-58-56-54-52-50-48-46-44-41-34-32-30-28-26-24-22-20-18-16-14-12-10-8-6-4-2/h5-8,11-14,17-20,23-26,29-32,41,44,48,50,54,56,77H,3-4,9-10,15-16,21-22,27-28,33-40,42-43,45-47,49,51-53,55,57-76,80H2,1-2H3,(H,83,84)/b7-5-,8-6-,13-11-,14-12-,19-17-,20-18-,25-23-,26-24-,31-29-,32-30-,44-41-,50-48-,56-54-. The molecule has 10 heteroatoms. The topological polar surface area (TPSA) is 134 Å². The Hall–Kier alpha value is -4.37. The van der Waals surface area contributed by atoms with Gasteiger partial charge in [-0.15, -0.1) is 0 Å². The SMILES string of the molecule is CC/C=C\C/C=C\C/C=C\C/C=C\C/C=C\C/C=C\C/C=C\C/C=C\CCCCCCCCC(=O)OC(COC(=O)CCCCCCCCCCCCCCCCCCCCCCC/C=C\C/C=C\C/C=C\C/C=C\C/C=C\CC)COP(=O)(O)OCCN. The van der Waals surface area contributed by atoms with Crippen LogP contribution in [0.3, 0.4) is 0 Å². The Kier molecular flexibility index (Phi) is 69.1. The number of unbranched alkanes of at least 4 members (excludes halogenated alkanes) is 27. The Morgan fingerprint density at radius 1 is 0.337 bits per heavy atom. The molecule has 2 unspecified atom stereocenters. The molecule has 0 rings (SSSR count). The van der Waals surface area contributed by atoms with Gasteiger partial charge in [-0.25, -0.2) is 4.57 Å². The molecule has 0 bridgehead atoms. The molecule has 506 valence electrons. The fourth-order valence-corrected chi connectivity index (χ4v) is 10.4. The number of hydrogen-bond donors (Lipinski definition) is 2. The average Bonchev–Trinajstić information content (AvgIpc) is 3.68. The van der Waals surface area contributed by atoms with Crippen molar-refractivity contribution < 1.29 is 37.6 Å². The summed E-state index contributed by atoms with van der Waals surface area (Å²) in [4.78, 5) is 35.4. The Balaban J connectivity index is 3.91. The van der Waals surface area contributed by atoms with Crippen molar-refractivity contribution in [2.75, 3.05) is 26.4 Å². The van der Waals surface area contributed by atoms with E-state index in [2.05, 4.69) is 172 Å². The van der Waals surface area contributed by atoms with E-state index in [1.807, 2.05) is 0 Å². The Morgan fingerprint density at radius 3 is 0.865 bits per heavy atom. The highest BCUT2D eigenvalue weighted by Gasteiger charge is 2.26. The zero-order valence-corrected chi connectivity index (χ0v) is 57.8. The van der Waals surface area contributed by atoms with Gasteiger partial charge in [-0.05, 0) is 122 Å². The molecule has 0 saturated heterocycles. The lowest BCUT2D eigenvalue weighted by Gasteiger charge is -2.19. The van der Waals surface area contributed by atoms with E-state index in [0.717, 1.165) is 141 Å². The summed E-state index contributed by atoms with van der Waals surface area (Å²) in [5.74, 6) is -0.845. The molecule has 0 aliphatic heterocycles. The summed E-state index contributed by atoms with van der Waals surface area (Å²) in [6.07, 6.45) is 106.